The van der Waals surface area contributed by atoms with E-state index in [4.69, 9.17) is 10.1 Å². The number of hydrogen-bond donors (Lipinski definition) is 2. The molecule has 0 unspecified atom stereocenters. The highest BCUT2D eigenvalue weighted by atomic mass is 32.2. The Kier molecular flexibility index (Phi) is 5.87. The summed E-state index contributed by atoms with van der Waals surface area (Å²) in [6.45, 7) is 2.94. The van der Waals surface area contributed by atoms with E-state index < -0.39 is 0 Å². The highest BCUT2D eigenvalue weighted by Crippen LogP contribution is 2.25. The minimum absolute atomic E-state index is 0.179. The monoisotopic (exact) mass is 304 g/mol. The number of carbonyl (C=O) groups is 1. The van der Waals surface area contributed by atoms with Gasteiger partial charge in [0.05, 0.1) is 11.5 Å². The molecule has 1 aromatic carbocycles. The summed E-state index contributed by atoms with van der Waals surface area (Å²) in [6.07, 6.45) is 6.56. The Morgan fingerprint density at radius 2 is 2.00 bits per heavy atom. The molecule has 2 rings (SSSR count). The molecule has 0 atom stereocenters. The van der Waals surface area contributed by atoms with E-state index in [0.29, 0.717) is 4.91 Å². The fraction of sp³-hybridized carbons (Fsp3) is 0.375. The maximum absolute atomic E-state index is 11.5. The first-order valence-electron chi connectivity index (χ1n) is 7.21. The summed E-state index contributed by atoms with van der Waals surface area (Å²) in [6, 6.07) is 7.67. The van der Waals surface area contributed by atoms with Crippen LogP contribution in [0.4, 0.5) is 0 Å². The third-order valence-corrected chi connectivity index (χ3v) is 3.94. The number of hydrogen-bond acceptors (Lipinski definition) is 4. The van der Waals surface area contributed by atoms with Crippen molar-refractivity contribution in [1.29, 1.82) is 5.41 Å². The predicted octanol–water partition coefficient (Wildman–Crippen LogP) is 3.78. The van der Waals surface area contributed by atoms with Crippen molar-refractivity contribution >= 4 is 28.9 Å². The Hall–Kier alpha value is -1.75. The summed E-state index contributed by atoms with van der Waals surface area (Å²) in [5.41, 5.74) is 0.931. The molecule has 1 aromatic rings. The number of ether oxygens (including phenoxy) is 1. The summed E-state index contributed by atoms with van der Waals surface area (Å²) in [5.74, 6) is 0.645. The molecule has 0 bridgehead atoms. The van der Waals surface area contributed by atoms with E-state index in [0.717, 1.165) is 36.1 Å². The van der Waals surface area contributed by atoms with Gasteiger partial charge in [-0.2, -0.15) is 0 Å². The molecule has 0 aromatic heterocycles. The van der Waals surface area contributed by atoms with Crippen LogP contribution in [-0.2, 0) is 4.79 Å². The van der Waals surface area contributed by atoms with Crippen molar-refractivity contribution in [3.05, 3.63) is 34.7 Å². The molecule has 1 aliphatic rings. The minimum Gasteiger partial charge on any atom is -0.494 e. The molecule has 0 spiro atoms. The van der Waals surface area contributed by atoms with Crippen LogP contribution >= 0.6 is 11.8 Å². The van der Waals surface area contributed by atoms with Gasteiger partial charge in [0.25, 0.3) is 5.91 Å². The second-order valence-electron chi connectivity index (χ2n) is 4.87. The van der Waals surface area contributed by atoms with Crippen LogP contribution in [0.3, 0.4) is 0 Å². The molecule has 0 saturated carbocycles. The molecule has 1 heterocycles. The van der Waals surface area contributed by atoms with E-state index >= 15 is 0 Å². The van der Waals surface area contributed by atoms with Crippen molar-refractivity contribution in [1.82, 2.24) is 5.32 Å². The maximum Gasteiger partial charge on any atom is 0.264 e. The molecule has 0 aliphatic carbocycles. The Balaban J connectivity index is 1.86. The molecule has 1 amide bonds. The lowest BCUT2D eigenvalue weighted by atomic mass is 10.2. The molecule has 1 fully saturated rings. The summed E-state index contributed by atoms with van der Waals surface area (Å²) >= 11 is 1.15. The van der Waals surface area contributed by atoms with Crippen molar-refractivity contribution in [3.63, 3.8) is 0 Å². The molecule has 1 saturated heterocycles. The van der Waals surface area contributed by atoms with Crippen LogP contribution in [0, 0.1) is 5.41 Å². The molecule has 0 radical (unpaired) electrons. The second-order valence-corrected chi connectivity index (χ2v) is 5.92. The fourth-order valence-corrected chi connectivity index (χ4v) is 2.67. The molecule has 1 aliphatic heterocycles. The van der Waals surface area contributed by atoms with E-state index in [-0.39, 0.29) is 11.1 Å². The summed E-state index contributed by atoms with van der Waals surface area (Å²) in [4.78, 5) is 12.1. The van der Waals surface area contributed by atoms with Crippen LogP contribution in [0.25, 0.3) is 6.08 Å². The van der Waals surface area contributed by atoms with Crippen LogP contribution in [0.1, 0.15) is 38.2 Å². The van der Waals surface area contributed by atoms with Gasteiger partial charge in [-0.05, 0) is 42.0 Å². The van der Waals surface area contributed by atoms with Crippen molar-refractivity contribution < 1.29 is 9.53 Å². The van der Waals surface area contributed by atoms with Crippen molar-refractivity contribution in [3.8, 4) is 5.75 Å². The third-order valence-electron chi connectivity index (χ3n) is 3.11. The van der Waals surface area contributed by atoms with Gasteiger partial charge in [0.1, 0.15) is 5.75 Å². The van der Waals surface area contributed by atoms with Gasteiger partial charge in [-0.15, -0.1) is 0 Å². The fourth-order valence-electron chi connectivity index (χ4n) is 1.97. The van der Waals surface area contributed by atoms with Crippen LogP contribution in [-0.4, -0.2) is 17.7 Å². The average molecular weight is 304 g/mol. The minimum atomic E-state index is -0.207. The number of benzene rings is 1. The lowest BCUT2D eigenvalue weighted by molar-refractivity contribution is -0.115. The largest absolute Gasteiger partial charge is 0.494 e. The summed E-state index contributed by atoms with van der Waals surface area (Å²) < 4.78 is 5.68. The Morgan fingerprint density at radius 3 is 2.62 bits per heavy atom. The van der Waals surface area contributed by atoms with E-state index in [2.05, 4.69) is 12.2 Å². The molecule has 4 nitrogen and oxygen atoms in total. The van der Waals surface area contributed by atoms with Crippen molar-refractivity contribution in [2.24, 2.45) is 0 Å². The standard InChI is InChI=1S/C16H20N2O2S/c1-2-3-4-5-10-20-13-8-6-12(7-9-13)11-14-15(19)18-16(17)21-14/h6-9,11H,2-5,10H2,1H3,(H2,17,18,19). The zero-order valence-corrected chi connectivity index (χ0v) is 13.0. The van der Waals surface area contributed by atoms with Crippen molar-refractivity contribution in [2.75, 3.05) is 6.61 Å². The van der Waals surface area contributed by atoms with Crippen LogP contribution < -0.4 is 10.1 Å². The van der Waals surface area contributed by atoms with Crippen LogP contribution in [0.5, 0.6) is 5.75 Å². The van der Waals surface area contributed by atoms with Gasteiger partial charge >= 0.3 is 0 Å². The first-order valence-corrected chi connectivity index (χ1v) is 8.03. The Labute approximate surface area is 129 Å². The van der Waals surface area contributed by atoms with Gasteiger partial charge in [0.2, 0.25) is 0 Å². The molecular weight excluding hydrogens is 284 g/mol. The normalized spacial score (nSPS) is 16.3. The predicted molar refractivity (Wildman–Crippen MR) is 87.5 cm³/mol. The number of amides is 1. The zero-order chi connectivity index (χ0) is 15.1. The second kappa shape index (κ2) is 7.88. The van der Waals surface area contributed by atoms with Gasteiger partial charge in [0, 0.05) is 0 Å². The third kappa shape index (κ3) is 4.93. The molecular formula is C16H20N2O2S. The van der Waals surface area contributed by atoms with Gasteiger partial charge in [-0.25, -0.2) is 0 Å². The zero-order valence-electron chi connectivity index (χ0n) is 12.1. The van der Waals surface area contributed by atoms with Crippen molar-refractivity contribution in [2.45, 2.75) is 32.6 Å². The SMILES string of the molecule is CCCCCCOc1ccc(C=C2SC(=N)NC2=O)cc1. The van der Waals surface area contributed by atoms with Gasteiger partial charge in [0.15, 0.2) is 5.17 Å². The Morgan fingerprint density at radius 1 is 1.24 bits per heavy atom. The van der Waals surface area contributed by atoms with E-state index in [1.807, 2.05) is 24.3 Å². The van der Waals surface area contributed by atoms with E-state index in [1.54, 1.807) is 6.08 Å². The van der Waals surface area contributed by atoms with Gasteiger partial charge < -0.3 is 10.1 Å². The molecule has 5 heteroatoms. The molecule has 112 valence electrons. The first kappa shape index (κ1) is 15.6. The summed E-state index contributed by atoms with van der Waals surface area (Å²) in [7, 11) is 0. The summed E-state index contributed by atoms with van der Waals surface area (Å²) in [5, 5.41) is 10.0. The van der Waals surface area contributed by atoms with E-state index in [1.165, 1.54) is 19.3 Å². The van der Waals surface area contributed by atoms with Crippen LogP contribution in [0.15, 0.2) is 29.2 Å². The maximum atomic E-state index is 11.5. The van der Waals surface area contributed by atoms with E-state index in [9.17, 15) is 4.79 Å². The highest BCUT2D eigenvalue weighted by molar-refractivity contribution is 8.18. The van der Waals surface area contributed by atoms with Gasteiger partial charge in [-0.1, -0.05) is 38.3 Å². The Bertz CT molecular complexity index is 538. The molecule has 2 N–H and O–H groups in total. The number of nitrogens with one attached hydrogen (secondary N) is 2. The number of carbonyl (C=O) groups excluding carboxylic acids is 1. The number of rotatable bonds is 7. The first-order chi connectivity index (χ1) is 10.2. The lowest BCUT2D eigenvalue weighted by Gasteiger charge is -2.06. The number of unbranched alkanes of at least 4 members (excludes halogenated alkanes) is 3. The number of amidine groups is 1. The number of thioether (sulfide) groups is 1. The van der Waals surface area contributed by atoms with Gasteiger partial charge in [-0.3, -0.25) is 10.2 Å². The van der Waals surface area contributed by atoms with Crippen LogP contribution in [0.2, 0.25) is 0 Å². The quantitative estimate of drug-likeness (QED) is 0.595. The topological polar surface area (TPSA) is 62.2 Å². The highest BCUT2D eigenvalue weighted by Gasteiger charge is 2.21. The average Bonchev–Trinajstić information content (AvgIpc) is 2.78. The molecule has 21 heavy (non-hydrogen) atoms. The lowest BCUT2D eigenvalue weighted by Crippen LogP contribution is -2.18. The smallest absolute Gasteiger partial charge is 0.264 e.